The van der Waals surface area contributed by atoms with E-state index >= 15 is 0 Å². The minimum atomic E-state index is -0.234. The number of aromatic amines is 1. The summed E-state index contributed by atoms with van der Waals surface area (Å²) in [7, 11) is 0. The SMILES string of the molecule is Cc1[nH]ncc1C(=O)Nc1cccc(OCC(N)=S)c1. The first-order chi connectivity index (χ1) is 9.56. The molecular formula is C13H14N4O2S. The van der Waals surface area contributed by atoms with Gasteiger partial charge in [-0.2, -0.15) is 5.10 Å². The van der Waals surface area contributed by atoms with Gasteiger partial charge in [0.05, 0.1) is 11.8 Å². The molecule has 1 aromatic heterocycles. The molecule has 4 N–H and O–H groups in total. The number of rotatable bonds is 5. The lowest BCUT2D eigenvalue weighted by molar-refractivity contribution is 0.102. The molecule has 0 saturated carbocycles. The van der Waals surface area contributed by atoms with E-state index in [1.54, 1.807) is 31.2 Å². The van der Waals surface area contributed by atoms with Crippen molar-refractivity contribution in [2.24, 2.45) is 5.73 Å². The molecule has 104 valence electrons. The van der Waals surface area contributed by atoms with Gasteiger partial charge in [-0.15, -0.1) is 0 Å². The Morgan fingerprint density at radius 2 is 2.35 bits per heavy atom. The molecule has 1 aromatic carbocycles. The summed E-state index contributed by atoms with van der Waals surface area (Å²) < 4.78 is 5.37. The van der Waals surface area contributed by atoms with E-state index in [9.17, 15) is 4.79 Å². The van der Waals surface area contributed by atoms with E-state index in [0.717, 1.165) is 0 Å². The Bertz CT molecular complexity index is 639. The van der Waals surface area contributed by atoms with E-state index in [0.29, 0.717) is 22.7 Å². The highest BCUT2D eigenvalue weighted by molar-refractivity contribution is 7.80. The van der Waals surface area contributed by atoms with Crippen LogP contribution in [0.15, 0.2) is 30.5 Å². The minimum absolute atomic E-state index is 0.160. The van der Waals surface area contributed by atoms with E-state index in [1.165, 1.54) is 6.20 Å². The van der Waals surface area contributed by atoms with Gasteiger partial charge in [-0.1, -0.05) is 18.3 Å². The molecule has 0 saturated heterocycles. The Balaban J connectivity index is 2.06. The first kappa shape index (κ1) is 14.0. The van der Waals surface area contributed by atoms with Crippen LogP contribution in [0.1, 0.15) is 16.1 Å². The molecule has 6 nitrogen and oxygen atoms in total. The summed E-state index contributed by atoms with van der Waals surface area (Å²) in [4.78, 5) is 12.3. The molecule has 0 bridgehead atoms. The van der Waals surface area contributed by atoms with Crippen LogP contribution in [0.5, 0.6) is 5.75 Å². The summed E-state index contributed by atoms with van der Waals surface area (Å²) in [5, 5.41) is 9.30. The summed E-state index contributed by atoms with van der Waals surface area (Å²) >= 11 is 4.74. The van der Waals surface area contributed by atoms with Gasteiger partial charge in [0.15, 0.2) is 0 Å². The van der Waals surface area contributed by atoms with Gasteiger partial charge >= 0.3 is 0 Å². The zero-order valence-electron chi connectivity index (χ0n) is 10.8. The molecule has 0 aliphatic rings. The highest BCUT2D eigenvalue weighted by atomic mass is 32.1. The second-order valence-electron chi connectivity index (χ2n) is 4.15. The van der Waals surface area contributed by atoms with Crippen molar-refractivity contribution in [1.82, 2.24) is 10.2 Å². The van der Waals surface area contributed by atoms with Gasteiger partial charge in [-0.25, -0.2) is 0 Å². The van der Waals surface area contributed by atoms with Crippen LogP contribution in [0.4, 0.5) is 5.69 Å². The average molecular weight is 290 g/mol. The van der Waals surface area contributed by atoms with E-state index in [-0.39, 0.29) is 17.5 Å². The third-order valence-electron chi connectivity index (χ3n) is 2.55. The molecular weight excluding hydrogens is 276 g/mol. The highest BCUT2D eigenvalue weighted by Crippen LogP contribution is 2.18. The molecule has 0 fully saturated rings. The number of nitrogens with two attached hydrogens (primary N) is 1. The van der Waals surface area contributed by atoms with Gasteiger partial charge in [-0.05, 0) is 19.1 Å². The second-order valence-corrected chi connectivity index (χ2v) is 4.67. The number of aryl methyl sites for hydroxylation is 1. The van der Waals surface area contributed by atoms with Crippen LogP contribution in [0.3, 0.4) is 0 Å². The molecule has 0 unspecified atom stereocenters. The molecule has 1 amide bonds. The molecule has 0 aliphatic carbocycles. The van der Waals surface area contributed by atoms with E-state index in [4.69, 9.17) is 22.7 Å². The molecule has 7 heteroatoms. The topological polar surface area (TPSA) is 93.0 Å². The molecule has 0 atom stereocenters. The van der Waals surface area contributed by atoms with Crippen LogP contribution >= 0.6 is 12.2 Å². The number of hydrogen-bond donors (Lipinski definition) is 3. The largest absolute Gasteiger partial charge is 0.486 e. The third kappa shape index (κ3) is 3.55. The molecule has 20 heavy (non-hydrogen) atoms. The Morgan fingerprint density at radius 3 is 3.00 bits per heavy atom. The summed E-state index contributed by atoms with van der Waals surface area (Å²) in [6.07, 6.45) is 1.48. The summed E-state index contributed by atoms with van der Waals surface area (Å²) in [5.41, 5.74) is 7.20. The van der Waals surface area contributed by atoms with Gasteiger partial charge in [0, 0.05) is 17.4 Å². The van der Waals surface area contributed by atoms with E-state index < -0.39 is 0 Å². The average Bonchev–Trinajstić information content (AvgIpc) is 2.83. The number of carbonyl (C=O) groups excluding carboxylic acids is 1. The lowest BCUT2D eigenvalue weighted by Gasteiger charge is -2.08. The Kier molecular flexibility index (Phi) is 4.31. The quantitative estimate of drug-likeness (QED) is 0.728. The maximum absolute atomic E-state index is 12.0. The first-order valence-corrected chi connectivity index (χ1v) is 6.29. The maximum atomic E-state index is 12.0. The van der Waals surface area contributed by atoms with Crippen LogP contribution in [-0.2, 0) is 0 Å². The third-order valence-corrected chi connectivity index (χ3v) is 2.67. The summed E-state index contributed by atoms with van der Waals surface area (Å²) in [5.74, 6) is 0.349. The standard InChI is InChI=1S/C13H14N4O2S/c1-8-11(6-15-17-8)13(18)16-9-3-2-4-10(5-9)19-7-12(14)20/h2-6H,7H2,1H3,(H2,14,20)(H,15,17)(H,16,18). The van der Waals surface area contributed by atoms with Crippen molar-refractivity contribution in [3.8, 4) is 5.75 Å². The minimum Gasteiger partial charge on any atom is -0.486 e. The Hall–Kier alpha value is -2.41. The summed E-state index contributed by atoms with van der Waals surface area (Å²) in [6.45, 7) is 1.94. The van der Waals surface area contributed by atoms with Gasteiger partial charge in [0.25, 0.3) is 5.91 Å². The zero-order valence-corrected chi connectivity index (χ0v) is 11.7. The fourth-order valence-electron chi connectivity index (χ4n) is 1.60. The number of aromatic nitrogens is 2. The number of nitrogens with one attached hydrogen (secondary N) is 2. The van der Waals surface area contributed by atoms with E-state index in [1.807, 2.05) is 0 Å². The summed E-state index contributed by atoms with van der Waals surface area (Å²) in [6, 6.07) is 7.00. The molecule has 0 aliphatic heterocycles. The monoisotopic (exact) mass is 290 g/mol. The molecule has 2 rings (SSSR count). The molecule has 1 heterocycles. The highest BCUT2D eigenvalue weighted by Gasteiger charge is 2.11. The number of amides is 1. The van der Waals surface area contributed by atoms with Crippen molar-refractivity contribution in [3.63, 3.8) is 0 Å². The number of ether oxygens (including phenoxy) is 1. The number of anilines is 1. The number of hydrogen-bond acceptors (Lipinski definition) is 4. The molecule has 2 aromatic rings. The number of benzene rings is 1. The molecule has 0 radical (unpaired) electrons. The van der Waals surface area contributed by atoms with Gasteiger partial charge < -0.3 is 15.8 Å². The lowest BCUT2D eigenvalue weighted by Crippen LogP contribution is -2.18. The predicted octanol–water partition coefficient (Wildman–Crippen LogP) is 1.64. The van der Waals surface area contributed by atoms with Crippen molar-refractivity contribution in [1.29, 1.82) is 0 Å². The van der Waals surface area contributed by atoms with Crippen LogP contribution in [0.2, 0.25) is 0 Å². The zero-order chi connectivity index (χ0) is 14.5. The van der Waals surface area contributed by atoms with Gasteiger partial charge in [0.2, 0.25) is 0 Å². The maximum Gasteiger partial charge on any atom is 0.259 e. The number of carbonyl (C=O) groups is 1. The second kappa shape index (κ2) is 6.16. The Labute approximate surface area is 121 Å². The number of nitrogens with zero attached hydrogens (tertiary/aromatic N) is 1. The van der Waals surface area contributed by atoms with Crippen molar-refractivity contribution in [2.45, 2.75) is 6.92 Å². The first-order valence-electron chi connectivity index (χ1n) is 5.89. The fourth-order valence-corrected chi connectivity index (χ4v) is 1.66. The normalized spacial score (nSPS) is 10.1. The van der Waals surface area contributed by atoms with Crippen molar-refractivity contribution in [2.75, 3.05) is 11.9 Å². The molecule has 0 spiro atoms. The van der Waals surface area contributed by atoms with E-state index in [2.05, 4.69) is 15.5 Å². The van der Waals surface area contributed by atoms with Crippen LogP contribution in [-0.4, -0.2) is 27.7 Å². The predicted molar refractivity (Wildman–Crippen MR) is 80.0 cm³/mol. The van der Waals surface area contributed by atoms with Crippen molar-refractivity contribution in [3.05, 3.63) is 41.7 Å². The van der Waals surface area contributed by atoms with Crippen LogP contribution in [0.25, 0.3) is 0 Å². The number of thiocarbonyl (C=S) groups is 1. The van der Waals surface area contributed by atoms with Gasteiger partial charge in [0.1, 0.15) is 17.3 Å². The lowest BCUT2D eigenvalue weighted by atomic mass is 10.2. The van der Waals surface area contributed by atoms with Crippen LogP contribution in [0, 0.1) is 6.92 Å². The van der Waals surface area contributed by atoms with Crippen LogP contribution < -0.4 is 15.8 Å². The fraction of sp³-hybridized carbons (Fsp3) is 0.154. The number of H-pyrrole nitrogens is 1. The Morgan fingerprint density at radius 1 is 1.55 bits per heavy atom. The van der Waals surface area contributed by atoms with Crippen molar-refractivity contribution >= 4 is 28.8 Å². The van der Waals surface area contributed by atoms with Gasteiger partial charge in [-0.3, -0.25) is 9.89 Å². The smallest absolute Gasteiger partial charge is 0.259 e. The van der Waals surface area contributed by atoms with Crippen molar-refractivity contribution < 1.29 is 9.53 Å².